The number of anilines is 3. The van der Waals surface area contributed by atoms with Gasteiger partial charge in [0.2, 0.25) is 0 Å². The molecule has 0 aromatic heterocycles. The van der Waals surface area contributed by atoms with Crippen LogP contribution in [0.15, 0.2) is 72.8 Å². The highest BCUT2D eigenvalue weighted by atomic mass is 35.5. The van der Waals surface area contributed by atoms with Crippen LogP contribution < -0.4 is 16.0 Å². The first kappa shape index (κ1) is 18.4. The molecule has 3 aromatic rings. The van der Waals surface area contributed by atoms with Crippen LogP contribution in [0, 0.1) is 5.82 Å². The standard InChI is InChI=1S/C20H15ClFN3O2/c21-18-11-13(22)9-10-17(18)19(26)23-15-7-4-8-16(12-15)25-20(27)24-14-5-2-1-3-6-14/h1-12H,(H,23,26)(H2,24,25,27). The molecule has 3 N–H and O–H groups in total. The molecule has 0 saturated heterocycles. The monoisotopic (exact) mass is 383 g/mol. The minimum atomic E-state index is -0.521. The number of carbonyl (C=O) groups is 2. The first-order valence-electron chi connectivity index (χ1n) is 8.01. The average Bonchev–Trinajstić information content (AvgIpc) is 2.62. The fourth-order valence-electron chi connectivity index (χ4n) is 2.36. The maximum absolute atomic E-state index is 13.1. The summed E-state index contributed by atoms with van der Waals surface area (Å²) in [4.78, 5) is 24.4. The number of urea groups is 1. The third-order valence-electron chi connectivity index (χ3n) is 3.59. The minimum Gasteiger partial charge on any atom is -0.322 e. The second kappa shape index (κ2) is 8.33. The Labute approximate surface area is 160 Å². The van der Waals surface area contributed by atoms with E-state index in [0.29, 0.717) is 17.1 Å². The molecule has 0 bridgehead atoms. The van der Waals surface area contributed by atoms with Crippen molar-refractivity contribution in [1.82, 2.24) is 0 Å². The van der Waals surface area contributed by atoms with E-state index in [1.807, 2.05) is 18.2 Å². The molecule has 0 unspecified atom stereocenters. The number of para-hydroxylation sites is 1. The van der Waals surface area contributed by atoms with E-state index in [9.17, 15) is 14.0 Å². The Morgan fingerprint density at radius 1 is 0.741 bits per heavy atom. The molecule has 3 amide bonds. The van der Waals surface area contributed by atoms with Gasteiger partial charge in [0.05, 0.1) is 10.6 Å². The molecule has 0 heterocycles. The lowest BCUT2D eigenvalue weighted by molar-refractivity contribution is 0.102. The minimum absolute atomic E-state index is 0.0176. The second-order valence-electron chi connectivity index (χ2n) is 5.60. The molecule has 0 aliphatic heterocycles. The van der Waals surface area contributed by atoms with Crippen molar-refractivity contribution >= 4 is 40.6 Å². The predicted octanol–water partition coefficient (Wildman–Crippen LogP) is 5.38. The van der Waals surface area contributed by atoms with E-state index in [1.54, 1.807) is 36.4 Å². The van der Waals surface area contributed by atoms with E-state index in [1.165, 1.54) is 6.07 Å². The Hall–Kier alpha value is -3.38. The largest absolute Gasteiger partial charge is 0.323 e. The van der Waals surface area contributed by atoms with Crippen LogP contribution >= 0.6 is 11.6 Å². The topological polar surface area (TPSA) is 70.2 Å². The first-order valence-corrected chi connectivity index (χ1v) is 8.38. The molecule has 0 radical (unpaired) electrons. The number of amides is 3. The van der Waals surface area contributed by atoms with Gasteiger partial charge >= 0.3 is 6.03 Å². The Morgan fingerprint density at radius 2 is 1.37 bits per heavy atom. The SMILES string of the molecule is O=C(Nc1ccccc1)Nc1cccc(NC(=O)c2ccc(F)cc2Cl)c1. The number of benzene rings is 3. The molecule has 3 rings (SSSR count). The lowest BCUT2D eigenvalue weighted by Crippen LogP contribution is -2.19. The Bertz CT molecular complexity index is 980. The zero-order valence-electron chi connectivity index (χ0n) is 14.0. The van der Waals surface area contributed by atoms with Crippen molar-refractivity contribution in [3.63, 3.8) is 0 Å². The molecule has 5 nitrogen and oxygen atoms in total. The van der Waals surface area contributed by atoms with Gasteiger partial charge in [-0.3, -0.25) is 4.79 Å². The molecule has 7 heteroatoms. The van der Waals surface area contributed by atoms with Gasteiger partial charge in [-0.2, -0.15) is 0 Å². The zero-order valence-corrected chi connectivity index (χ0v) is 14.8. The average molecular weight is 384 g/mol. The van der Waals surface area contributed by atoms with Crippen LogP contribution in [-0.4, -0.2) is 11.9 Å². The van der Waals surface area contributed by atoms with E-state index in [4.69, 9.17) is 11.6 Å². The lowest BCUT2D eigenvalue weighted by Gasteiger charge is -2.10. The first-order chi connectivity index (χ1) is 13.0. The van der Waals surface area contributed by atoms with Crippen LogP contribution in [0.2, 0.25) is 5.02 Å². The molecule has 27 heavy (non-hydrogen) atoms. The number of halogens is 2. The predicted molar refractivity (Wildman–Crippen MR) is 105 cm³/mol. The Kier molecular flexibility index (Phi) is 5.68. The maximum Gasteiger partial charge on any atom is 0.323 e. The summed E-state index contributed by atoms with van der Waals surface area (Å²) < 4.78 is 13.1. The van der Waals surface area contributed by atoms with Gasteiger partial charge in [0, 0.05) is 17.1 Å². The summed E-state index contributed by atoms with van der Waals surface area (Å²) >= 11 is 5.90. The van der Waals surface area contributed by atoms with Crippen molar-refractivity contribution < 1.29 is 14.0 Å². The molecule has 3 aromatic carbocycles. The van der Waals surface area contributed by atoms with Gasteiger partial charge < -0.3 is 16.0 Å². The van der Waals surface area contributed by atoms with E-state index in [-0.39, 0.29) is 10.6 Å². The van der Waals surface area contributed by atoms with Gasteiger partial charge in [0.25, 0.3) is 5.91 Å². The molecular weight excluding hydrogens is 369 g/mol. The third-order valence-corrected chi connectivity index (χ3v) is 3.90. The number of nitrogens with one attached hydrogen (secondary N) is 3. The Balaban J connectivity index is 1.66. The van der Waals surface area contributed by atoms with Gasteiger partial charge in [0.1, 0.15) is 5.82 Å². The number of hydrogen-bond acceptors (Lipinski definition) is 2. The summed E-state index contributed by atoms with van der Waals surface area (Å²) in [5.74, 6) is -1.00. The summed E-state index contributed by atoms with van der Waals surface area (Å²) in [7, 11) is 0. The van der Waals surface area contributed by atoms with Crippen LogP contribution in [0.3, 0.4) is 0 Å². The van der Waals surface area contributed by atoms with Gasteiger partial charge in [-0.1, -0.05) is 35.9 Å². The summed E-state index contributed by atoms with van der Waals surface area (Å²) in [6.07, 6.45) is 0. The summed E-state index contributed by atoms with van der Waals surface area (Å²) in [6.45, 7) is 0. The van der Waals surface area contributed by atoms with Gasteiger partial charge in [-0.25, -0.2) is 9.18 Å². The molecular formula is C20H15ClFN3O2. The summed E-state index contributed by atoms with van der Waals surface area (Å²) in [5, 5.41) is 8.07. The number of carbonyl (C=O) groups excluding carboxylic acids is 2. The fourth-order valence-corrected chi connectivity index (χ4v) is 2.61. The smallest absolute Gasteiger partial charge is 0.322 e. The van der Waals surface area contributed by atoms with Crippen molar-refractivity contribution in [3.8, 4) is 0 Å². The van der Waals surface area contributed by atoms with Crippen LogP contribution in [0.5, 0.6) is 0 Å². The normalized spacial score (nSPS) is 10.1. The van der Waals surface area contributed by atoms with Crippen molar-refractivity contribution in [2.24, 2.45) is 0 Å². The molecule has 0 saturated carbocycles. The zero-order chi connectivity index (χ0) is 19.2. The van der Waals surface area contributed by atoms with Crippen molar-refractivity contribution in [1.29, 1.82) is 0 Å². The van der Waals surface area contributed by atoms with Crippen molar-refractivity contribution in [2.75, 3.05) is 16.0 Å². The van der Waals surface area contributed by atoms with Gasteiger partial charge in [-0.15, -0.1) is 0 Å². The molecule has 136 valence electrons. The molecule has 0 atom stereocenters. The fraction of sp³-hybridized carbons (Fsp3) is 0. The number of hydrogen-bond donors (Lipinski definition) is 3. The lowest BCUT2D eigenvalue weighted by atomic mass is 10.2. The summed E-state index contributed by atoms with van der Waals surface area (Å²) in [6, 6.07) is 18.8. The third kappa shape index (κ3) is 5.05. The maximum atomic E-state index is 13.1. The Morgan fingerprint density at radius 3 is 2.07 bits per heavy atom. The second-order valence-corrected chi connectivity index (χ2v) is 6.01. The van der Waals surface area contributed by atoms with Crippen molar-refractivity contribution in [3.05, 3.63) is 89.2 Å². The highest BCUT2D eigenvalue weighted by Gasteiger charge is 2.12. The van der Waals surface area contributed by atoms with E-state index in [0.717, 1.165) is 12.1 Å². The quantitative estimate of drug-likeness (QED) is 0.566. The molecule has 0 fully saturated rings. The molecule has 0 spiro atoms. The van der Waals surface area contributed by atoms with Crippen LogP contribution in [0.1, 0.15) is 10.4 Å². The highest BCUT2D eigenvalue weighted by molar-refractivity contribution is 6.34. The van der Waals surface area contributed by atoms with Crippen LogP contribution in [-0.2, 0) is 0 Å². The van der Waals surface area contributed by atoms with Gasteiger partial charge in [-0.05, 0) is 48.5 Å². The van der Waals surface area contributed by atoms with E-state index < -0.39 is 17.8 Å². The van der Waals surface area contributed by atoms with E-state index in [2.05, 4.69) is 16.0 Å². The summed E-state index contributed by atoms with van der Waals surface area (Å²) in [5.41, 5.74) is 1.76. The molecule has 0 aliphatic rings. The van der Waals surface area contributed by atoms with Crippen LogP contribution in [0.4, 0.5) is 26.2 Å². The highest BCUT2D eigenvalue weighted by Crippen LogP contribution is 2.21. The van der Waals surface area contributed by atoms with E-state index >= 15 is 0 Å². The number of rotatable bonds is 4. The van der Waals surface area contributed by atoms with Crippen molar-refractivity contribution in [2.45, 2.75) is 0 Å². The van der Waals surface area contributed by atoms with Gasteiger partial charge in [0.15, 0.2) is 0 Å². The van der Waals surface area contributed by atoms with Crippen LogP contribution in [0.25, 0.3) is 0 Å². The molecule has 0 aliphatic carbocycles.